The maximum absolute atomic E-state index is 3.72. The van der Waals surface area contributed by atoms with Gasteiger partial charge < -0.3 is 5.32 Å². The van der Waals surface area contributed by atoms with Crippen LogP contribution in [0.5, 0.6) is 0 Å². The third kappa shape index (κ3) is 5.38. The zero-order valence-corrected chi connectivity index (χ0v) is 11.2. The first-order chi connectivity index (χ1) is 7.51. The van der Waals surface area contributed by atoms with E-state index in [4.69, 9.17) is 0 Å². The SMILES string of the molecule is C=CCSc1ccc(CNC(C)(C)C)cc1. The smallest absolute Gasteiger partial charge is 0.0210 e. The Morgan fingerprint density at radius 1 is 1.25 bits per heavy atom. The van der Waals surface area contributed by atoms with Gasteiger partial charge in [0.2, 0.25) is 0 Å². The highest BCUT2D eigenvalue weighted by atomic mass is 32.2. The second-order valence-corrected chi connectivity index (χ2v) is 5.94. The van der Waals surface area contributed by atoms with Crippen LogP contribution in [0.4, 0.5) is 0 Å². The van der Waals surface area contributed by atoms with Crippen molar-refractivity contribution in [1.29, 1.82) is 0 Å². The van der Waals surface area contributed by atoms with Gasteiger partial charge in [-0.1, -0.05) is 18.2 Å². The number of hydrogen-bond donors (Lipinski definition) is 1. The molecule has 88 valence electrons. The molecule has 0 unspecified atom stereocenters. The van der Waals surface area contributed by atoms with Gasteiger partial charge in [-0.3, -0.25) is 0 Å². The van der Waals surface area contributed by atoms with Crippen LogP contribution in [0.2, 0.25) is 0 Å². The van der Waals surface area contributed by atoms with Crippen LogP contribution in [0.25, 0.3) is 0 Å². The maximum atomic E-state index is 3.72. The Kier molecular flexibility index (Phi) is 5.10. The van der Waals surface area contributed by atoms with Crippen LogP contribution in [0.3, 0.4) is 0 Å². The number of benzene rings is 1. The molecule has 2 heteroatoms. The Labute approximate surface area is 103 Å². The molecule has 0 saturated heterocycles. The van der Waals surface area contributed by atoms with E-state index in [-0.39, 0.29) is 5.54 Å². The van der Waals surface area contributed by atoms with Crippen molar-refractivity contribution in [2.75, 3.05) is 5.75 Å². The lowest BCUT2D eigenvalue weighted by Gasteiger charge is -2.20. The second kappa shape index (κ2) is 6.12. The van der Waals surface area contributed by atoms with E-state index in [1.807, 2.05) is 17.8 Å². The van der Waals surface area contributed by atoms with E-state index < -0.39 is 0 Å². The Bertz CT molecular complexity index is 322. The van der Waals surface area contributed by atoms with Gasteiger partial charge in [0, 0.05) is 22.7 Å². The topological polar surface area (TPSA) is 12.0 Å². The molecule has 0 aliphatic rings. The fourth-order valence-electron chi connectivity index (χ4n) is 1.23. The Morgan fingerprint density at radius 3 is 2.38 bits per heavy atom. The van der Waals surface area contributed by atoms with Crippen LogP contribution < -0.4 is 5.32 Å². The highest BCUT2D eigenvalue weighted by molar-refractivity contribution is 7.99. The second-order valence-electron chi connectivity index (χ2n) is 4.85. The predicted octanol–water partition coefficient (Wildman–Crippen LogP) is 3.85. The molecule has 0 amide bonds. The van der Waals surface area contributed by atoms with Crippen molar-refractivity contribution in [3.05, 3.63) is 42.5 Å². The lowest BCUT2D eigenvalue weighted by molar-refractivity contribution is 0.424. The van der Waals surface area contributed by atoms with E-state index in [1.54, 1.807) is 0 Å². The lowest BCUT2D eigenvalue weighted by atomic mass is 10.1. The third-order valence-corrected chi connectivity index (χ3v) is 3.12. The number of thioether (sulfide) groups is 1. The number of nitrogens with one attached hydrogen (secondary N) is 1. The highest BCUT2D eigenvalue weighted by Gasteiger charge is 2.07. The first-order valence-corrected chi connectivity index (χ1v) is 6.57. The largest absolute Gasteiger partial charge is 0.308 e. The average molecular weight is 235 g/mol. The lowest BCUT2D eigenvalue weighted by Crippen LogP contribution is -2.35. The Balaban J connectivity index is 2.48. The van der Waals surface area contributed by atoms with Gasteiger partial charge in [0.15, 0.2) is 0 Å². The first kappa shape index (κ1) is 13.3. The molecule has 0 aliphatic carbocycles. The van der Waals surface area contributed by atoms with E-state index in [9.17, 15) is 0 Å². The van der Waals surface area contributed by atoms with Crippen molar-refractivity contribution in [3.8, 4) is 0 Å². The van der Waals surface area contributed by atoms with Crippen molar-refractivity contribution in [1.82, 2.24) is 5.32 Å². The van der Waals surface area contributed by atoms with Gasteiger partial charge in [-0.05, 0) is 38.5 Å². The van der Waals surface area contributed by atoms with Gasteiger partial charge in [-0.25, -0.2) is 0 Å². The van der Waals surface area contributed by atoms with Gasteiger partial charge >= 0.3 is 0 Å². The van der Waals surface area contributed by atoms with E-state index >= 15 is 0 Å². The van der Waals surface area contributed by atoms with E-state index in [2.05, 4.69) is 56.9 Å². The van der Waals surface area contributed by atoms with Gasteiger partial charge in [-0.15, -0.1) is 18.3 Å². The molecule has 0 saturated carbocycles. The Hall–Kier alpha value is -0.730. The van der Waals surface area contributed by atoms with Gasteiger partial charge in [-0.2, -0.15) is 0 Å². The maximum Gasteiger partial charge on any atom is 0.0210 e. The fraction of sp³-hybridized carbons (Fsp3) is 0.429. The van der Waals surface area contributed by atoms with Crippen LogP contribution in [-0.2, 0) is 6.54 Å². The Morgan fingerprint density at radius 2 is 1.88 bits per heavy atom. The van der Waals surface area contributed by atoms with Gasteiger partial charge in [0.05, 0.1) is 0 Å². The van der Waals surface area contributed by atoms with Crippen LogP contribution in [0, 0.1) is 0 Å². The molecule has 1 aromatic rings. The molecule has 0 atom stereocenters. The molecule has 1 aromatic carbocycles. The zero-order chi connectivity index (χ0) is 12.0. The molecule has 0 aliphatic heterocycles. The summed E-state index contributed by atoms with van der Waals surface area (Å²) in [5.41, 5.74) is 1.51. The molecule has 0 spiro atoms. The molecule has 1 N–H and O–H groups in total. The number of hydrogen-bond acceptors (Lipinski definition) is 2. The molecule has 0 bridgehead atoms. The van der Waals surface area contributed by atoms with Crippen molar-refractivity contribution >= 4 is 11.8 Å². The minimum absolute atomic E-state index is 0.177. The fourth-order valence-corrected chi connectivity index (χ4v) is 1.86. The van der Waals surface area contributed by atoms with Gasteiger partial charge in [0.1, 0.15) is 0 Å². The normalized spacial score (nSPS) is 11.4. The summed E-state index contributed by atoms with van der Waals surface area (Å²) in [6.45, 7) is 11.2. The summed E-state index contributed by atoms with van der Waals surface area (Å²) < 4.78 is 0. The highest BCUT2D eigenvalue weighted by Crippen LogP contribution is 2.18. The molecule has 0 aromatic heterocycles. The summed E-state index contributed by atoms with van der Waals surface area (Å²) in [6, 6.07) is 8.72. The third-order valence-electron chi connectivity index (χ3n) is 2.11. The molecule has 1 rings (SSSR count). The summed E-state index contributed by atoms with van der Waals surface area (Å²) in [7, 11) is 0. The van der Waals surface area contributed by atoms with E-state index in [1.165, 1.54) is 10.5 Å². The quantitative estimate of drug-likeness (QED) is 0.614. The summed E-state index contributed by atoms with van der Waals surface area (Å²) >= 11 is 1.81. The van der Waals surface area contributed by atoms with E-state index in [0.717, 1.165) is 12.3 Å². The van der Waals surface area contributed by atoms with Crippen molar-refractivity contribution in [3.63, 3.8) is 0 Å². The minimum Gasteiger partial charge on any atom is -0.308 e. The summed E-state index contributed by atoms with van der Waals surface area (Å²) in [6.07, 6.45) is 1.93. The van der Waals surface area contributed by atoms with Crippen molar-refractivity contribution < 1.29 is 0 Å². The van der Waals surface area contributed by atoms with Crippen LogP contribution in [0.15, 0.2) is 41.8 Å². The van der Waals surface area contributed by atoms with Gasteiger partial charge in [0.25, 0.3) is 0 Å². The van der Waals surface area contributed by atoms with Crippen LogP contribution >= 0.6 is 11.8 Å². The zero-order valence-electron chi connectivity index (χ0n) is 10.4. The van der Waals surface area contributed by atoms with E-state index in [0.29, 0.717) is 0 Å². The molecule has 0 radical (unpaired) electrons. The molecular weight excluding hydrogens is 214 g/mol. The van der Waals surface area contributed by atoms with Crippen molar-refractivity contribution in [2.24, 2.45) is 0 Å². The summed E-state index contributed by atoms with van der Waals surface area (Å²) in [5, 5.41) is 3.48. The first-order valence-electron chi connectivity index (χ1n) is 5.59. The standard InChI is InChI=1S/C14H21NS/c1-5-10-16-13-8-6-12(7-9-13)11-15-14(2,3)4/h5-9,15H,1,10-11H2,2-4H3. The molecular formula is C14H21NS. The predicted molar refractivity (Wildman–Crippen MR) is 74.0 cm³/mol. The van der Waals surface area contributed by atoms with Crippen molar-refractivity contribution in [2.45, 2.75) is 37.8 Å². The molecule has 0 heterocycles. The minimum atomic E-state index is 0.177. The van der Waals surface area contributed by atoms with Crippen LogP contribution in [0.1, 0.15) is 26.3 Å². The molecule has 16 heavy (non-hydrogen) atoms. The summed E-state index contributed by atoms with van der Waals surface area (Å²) in [5.74, 6) is 0.972. The number of rotatable bonds is 5. The summed E-state index contributed by atoms with van der Waals surface area (Å²) in [4.78, 5) is 1.31. The molecule has 0 fully saturated rings. The monoisotopic (exact) mass is 235 g/mol. The van der Waals surface area contributed by atoms with Crippen LogP contribution in [-0.4, -0.2) is 11.3 Å². The molecule has 1 nitrogen and oxygen atoms in total. The average Bonchev–Trinajstić information content (AvgIpc) is 2.24.